The average Bonchev–Trinajstić information content (AvgIpc) is 2.25. The van der Waals surface area contributed by atoms with E-state index in [4.69, 9.17) is 19.7 Å². The third kappa shape index (κ3) is 3.11. The van der Waals surface area contributed by atoms with Crippen LogP contribution in [0.4, 0.5) is 0 Å². The summed E-state index contributed by atoms with van der Waals surface area (Å²) >= 11 is 0. The van der Waals surface area contributed by atoms with Gasteiger partial charge < -0.3 is 35.0 Å². The number of rotatable bonds is 4. The van der Waals surface area contributed by atoms with Gasteiger partial charge in [0.25, 0.3) is 0 Å². The normalized spacial score (nSPS) is 42.0. The van der Waals surface area contributed by atoms with Gasteiger partial charge in [0.1, 0.15) is 24.4 Å². The standard InChI is InChI=1S/C9H18O7/c1-4(11)3-15-9-8(14)7(13)6(12)5(2-10)16-9/h4-14H,2-3H2,1H3/t4?,5-,6+,7+,8-,9+/m1/s1. The lowest BCUT2D eigenvalue weighted by molar-refractivity contribution is -0.304. The van der Waals surface area contributed by atoms with Crippen molar-refractivity contribution in [3.8, 4) is 0 Å². The second-order valence-corrected chi connectivity index (χ2v) is 3.88. The van der Waals surface area contributed by atoms with Gasteiger partial charge in [-0.2, -0.15) is 0 Å². The number of ether oxygens (including phenoxy) is 2. The van der Waals surface area contributed by atoms with Gasteiger partial charge in [0, 0.05) is 0 Å². The van der Waals surface area contributed by atoms with Crippen molar-refractivity contribution < 1.29 is 35.0 Å². The Morgan fingerprint density at radius 3 is 2.31 bits per heavy atom. The third-order valence-electron chi connectivity index (χ3n) is 2.35. The molecule has 1 saturated heterocycles. The Kier molecular flexibility index (Phi) is 5.06. The van der Waals surface area contributed by atoms with Gasteiger partial charge in [-0.1, -0.05) is 0 Å². The molecule has 0 aromatic heterocycles. The topological polar surface area (TPSA) is 120 Å². The number of hydrogen-bond acceptors (Lipinski definition) is 7. The minimum absolute atomic E-state index is 0.0807. The number of aliphatic hydroxyl groups excluding tert-OH is 5. The maximum Gasteiger partial charge on any atom is 0.186 e. The molecule has 0 aliphatic carbocycles. The molecule has 7 nitrogen and oxygen atoms in total. The zero-order valence-electron chi connectivity index (χ0n) is 8.93. The van der Waals surface area contributed by atoms with E-state index < -0.39 is 43.4 Å². The molecule has 1 heterocycles. The maximum absolute atomic E-state index is 9.51. The van der Waals surface area contributed by atoms with Crippen molar-refractivity contribution in [2.24, 2.45) is 0 Å². The van der Waals surface area contributed by atoms with Crippen molar-refractivity contribution in [3.05, 3.63) is 0 Å². The summed E-state index contributed by atoms with van der Waals surface area (Å²) in [6.07, 6.45) is -7.18. The Bertz CT molecular complexity index is 208. The zero-order chi connectivity index (χ0) is 12.3. The fourth-order valence-electron chi connectivity index (χ4n) is 1.44. The molecule has 1 aliphatic heterocycles. The van der Waals surface area contributed by atoms with Gasteiger partial charge in [0.2, 0.25) is 0 Å². The summed E-state index contributed by atoms with van der Waals surface area (Å²) < 4.78 is 10.0. The SMILES string of the molecule is CC(O)CO[C@H]1O[C@H](CO)[C@H](O)[C@H](O)[C@H]1O. The highest BCUT2D eigenvalue weighted by Crippen LogP contribution is 2.21. The van der Waals surface area contributed by atoms with Crippen LogP contribution in [0.2, 0.25) is 0 Å². The van der Waals surface area contributed by atoms with Crippen LogP contribution in [0.25, 0.3) is 0 Å². The summed E-state index contributed by atoms with van der Waals surface area (Å²) in [6.45, 7) is 0.909. The quantitative estimate of drug-likeness (QED) is 0.358. The van der Waals surface area contributed by atoms with Gasteiger partial charge in [0.15, 0.2) is 6.29 Å². The van der Waals surface area contributed by atoms with E-state index in [1.54, 1.807) is 0 Å². The van der Waals surface area contributed by atoms with Crippen LogP contribution in [0.1, 0.15) is 6.92 Å². The second-order valence-electron chi connectivity index (χ2n) is 3.88. The lowest BCUT2D eigenvalue weighted by Gasteiger charge is -2.39. The minimum Gasteiger partial charge on any atom is -0.394 e. The predicted octanol–water partition coefficient (Wildman–Crippen LogP) is -2.82. The third-order valence-corrected chi connectivity index (χ3v) is 2.35. The largest absolute Gasteiger partial charge is 0.394 e. The van der Waals surface area contributed by atoms with E-state index in [0.29, 0.717) is 0 Å². The average molecular weight is 238 g/mol. The summed E-state index contributed by atoms with van der Waals surface area (Å²) in [7, 11) is 0. The summed E-state index contributed by atoms with van der Waals surface area (Å²) in [5, 5.41) is 46.2. The molecular weight excluding hydrogens is 220 g/mol. The van der Waals surface area contributed by atoms with Gasteiger partial charge in [-0.15, -0.1) is 0 Å². The summed E-state index contributed by atoms with van der Waals surface area (Å²) in [5.41, 5.74) is 0. The van der Waals surface area contributed by atoms with E-state index in [-0.39, 0.29) is 6.61 Å². The van der Waals surface area contributed by atoms with Crippen LogP contribution in [0.15, 0.2) is 0 Å². The van der Waals surface area contributed by atoms with Crippen molar-refractivity contribution in [1.82, 2.24) is 0 Å². The Hall–Kier alpha value is -0.280. The summed E-state index contributed by atoms with van der Waals surface area (Å²) in [4.78, 5) is 0. The Morgan fingerprint density at radius 1 is 1.19 bits per heavy atom. The van der Waals surface area contributed by atoms with Crippen molar-refractivity contribution in [3.63, 3.8) is 0 Å². The van der Waals surface area contributed by atoms with E-state index in [1.165, 1.54) is 6.92 Å². The molecule has 7 heteroatoms. The number of aliphatic hydroxyl groups is 5. The van der Waals surface area contributed by atoms with E-state index in [1.807, 2.05) is 0 Å². The molecule has 0 spiro atoms. The van der Waals surface area contributed by atoms with Crippen molar-refractivity contribution in [2.45, 2.75) is 43.7 Å². The fourth-order valence-corrected chi connectivity index (χ4v) is 1.44. The molecule has 1 fully saturated rings. The van der Waals surface area contributed by atoms with E-state index in [9.17, 15) is 15.3 Å². The molecule has 0 saturated carbocycles. The van der Waals surface area contributed by atoms with Crippen LogP contribution < -0.4 is 0 Å². The molecule has 0 aromatic rings. The molecule has 0 radical (unpaired) electrons. The molecule has 0 bridgehead atoms. The first-order valence-electron chi connectivity index (χ1n) is 5.07. The molecule has 1 rings (SSSR count). The molecule has 1 aliphatic rings. The van der Waals surface area contributed by atoms with E-state index in [0.717, 1.165) is 0 Å². The molecular formula is C9H18O7. The highest BCUT2D eigenvalue weighted by atomic mass is 16.7. The van der Waals surface area contributed by atoms with Gasteiger partial charge >= 0.3 is 0 Å². The van der Waals surface area contributed by atoms with Crippen molar-refractivity contribution in [1.29, 1.82) is 0 Å². The van der Waals surface area contributed by atoms with Crippen LogP contribution in [-0.2, 0) is 9.47 Å². The number of hydrogen-bond donors (Lipinski definition) is 5. The molecule has 1 unspecified atom stereocenters. The monoisotopic (exact) mass is 238 g/mol. The fraction of sp³-hybridized carbons (Fsp3) is 1.00. The first-order chi connectivity index (χ1) is 7.47. The molecule has 96 valence electrons. The first-order valence-corrected chi connectivity index (χ1v) is 5.07. The second kappa shape index (κ2) is 5.87. The lowest BCUT2D eigenvalue weighted by Crippen LogP contribution is -2.59. The first kappa shape index (κ1) is 13.8. The molecule has 0 amide bonds. The lowest BCUT2D eigenvalue weighted by atomic mass is 9.99. The van der Waals surface area contributed by atoms with Gasteiger partial charge in [-0.3, -0.25) is 0 Å². The van der Waals surface area contributed by atoms with Crippen LogP contribution in [0.3, 0.4) is 0 Å². The summed E-state index contributed by atoms with van der Waals surface area (Å²) in [5.74, 6) is 0. The molecule has 5 N–H and O–H groups in total. The minimum atomic E-state index is -1.45. The van der Waals surface area contributed by atoms with Crippen molar-refractivity contribution in [2.75, 3.05) is 13.2 Å². The van der Waals surface area contributed by atoms with Gasteiger partial charge in [-0.05, 0) is 6.92 Å². The van der Waals surface area contributed by atoms with Crippen LogP contribution in [0.5, 0.6) is 0 Å². The van der Waals surface area contributed by atoms with Gasteiger partial charge in [-0.25, -0.2) is 0 Å². The molecule has 16 heavy (non-hydrogen) atoms. The maximum atomic E-state index is 9.51. The van der Waals surface area contributed by atoms with E-state index in [2.05, 4.69) is 0 Å². The Morgan fingerprint density at radius 2 is 1.81 bits per heavy atom. The van der Waals surface area contributed by atoms with Gasteiger partial charge in [0.05, 0.1) is 19.3 Å². The summed E-state index contributed by atoms with van der Waals surface area (Å²) in [6, 6.07) is 0. The molecule has 0 aromatic carbocycles. The van der Waals surface area contributed by atoms with Crippen LogP contribution in [-0.4, -0.2) is 75.6 Å². The van der Waals surface area contributed by atoms with Crippen LogP contribution in [0, 0.1) is 0 Å². The highest BCUT2D eigenvalue weighted by Gasteiger charge is 2.43. The van der Waals surface area contributed by atoms with Crippen molar-refractivity contribution >= 4 is 0 Å². The van der Waals surface area contributed by atoms with E-state index >= 15 is 0 Å². The predicted molar refractivity (Wildman–Crippen MR) is 51.4 cm³/mol. The Balaban J connectivity index is 2.56. The Labute approximate surface area is 92.9 Å². The smallest absolute Gasteiger partial charge is 0.186 e. The highest BCUT2D eigenvalue weighted by molar-refractivity contribution is 4.88. The van der Waals surface area contributed by atoms with Crippen LogP contribution >= 0.6 is 0 Å². The molecule has 6 atom stereocenters. The zero-order valence-corrected chi connectivity index (χ0v) is 8.93.